The Bertz CT molecular complexity index is 2000. The minimum absolute atomic E-state index is 0.101. The van der Waals surface area contributed by atoms with Crippen molar-refractivity contribution in [3.8, 4) is 11.1 Å². The summed E-state index contributed by atoms with van der Waals surface area (Å²) in [6.07, 6.45) is 0. The molecule has 0 spiro atoms. The van der Waals surface area contributed by atoms with Crippen LogP contribution in [0.1, 0.15) is 55.6 Å². The smallest absolute Gasteiger partial charge is 0.0688 e. The molecule has 0 aromatic heterocycles. The van der Waals surface area contributed by atoms with Crippen molar-refractivity contribution in [3.63, 3.8) is 0 Å². The van der Waals surface area contributed by atoms with Crippen LogP contribution < -0.4 is 31.8 Å². The first kappa shape index (κ1) is 35.9. The topological polar surface area (TPSA) is 40.5 Å². The monoisotopic (exact) mass is 694 g/mol. The molecule has 0 aliphatic carbocycles. The average molecular weight is 695 g/mol. The molecule has 6 aromatic carbocycles. The van der Waals surface area contributed by atoms with Gasteiger partial charge in [0.05, 0.1) is 13.2 Å². The van der Waals surface area contributed by atoms with Crippen molar-refractivity contribution in [3.05, 3.63) is 165 Å². The SMILES string of the molecule is Cc1cc(C)cc(P(c2ccc(C)c(C)c2)c2cccc(CO)c2-c2c(CO)cccc2P(c2cc(C)cc(C)c2)c2ccc(C)c(C)c2)c1. The fraction of sp³-hybridized carbons (Fsp3) is 0.217. The van der Waals surface area contributed by atoms with E-state index in [4.69, 9.17) is 0 Å². The predicted octanol–water partition coefficient (Wildman–Crippen LogP) is 8.32. The summed E-state index contributed by atoms with van der Waals surface area (Å²) >= 11 is 0. The second-order valence-corrected chi connectivity index (χ2v) is 18.2. The molecular formula is C46H48O2P2. The van der Waals surface area contributed by atoms with Crippen molar-refractivity contribution in [1.29, 1.82) is 0 Å². The first-order chi connectivity index (χ1) is 24.0. The number of hydrogen-bond acceptors (Lipinski definition) is 2. The lowest BCUT2D eigenvalue weighted by Gasteiger charge is -2.30. The fourth-order valence-corrected chi connectivity index (χ4v) is 12.7. The number of aliphatic hydroxyl groups is 2. The second-order valence-electron chi connectivity index (χ2n) is 13.8. The molecule has 0 bridgehead atoms. The van der Waals surface area contributed by atoms with Crippen molar-refractivity contribution < 1.29 is 10.2 Å². The van der Waals surface area contributed by atoms with Crippen LogP contribution in [-0.4, -0.2) is 10.2 Å². The van der Waals surface area contributed by atoms with Crippen molar-refractivity contribution in [1.82, 2.24) is 0 Å². The Kier molecular flexibility index (Phi) is 10.9. The molecule has 2 nitrogen and oxygen atoms in total. The molecule has 0 amide bonds. The van der Waals surface area contributed by atoms with Gasteiger partial charge in [0.15, 0.2) is 0 Å². The summed E-state index contributed by atoms with van der Waals surface area (Å²) in [5.74, 6) is 0. The van der Waals surface area contributed by atoms with E-state index in [-0.39, 0.29) is 13.2 Å². The van der Waals surface area contributed by atoms with Crippen LogP contribution in [0.3, 0.4) is 0 Å². The Labute approximate surface area is 301 Å². The molecule has 0 fully saturated rings. The zero-order chi connectivity index (χ0) is 35.7. The molecule has 2 atom stereocenters. The van der Waals surface area contributed by atoms with E-state index < -0.39 is 15.8 Å². The van der Waals surface area contributed by atoms with Crippen molar-refractivity contribution in [2.45, 2.75) is 68.6 Å². The quantitative estimate of drug-likeness (QED) is 0.150. The van der Waals surface area contributed by atoms with Gasteiger partial charge in [0.1, 0.15) is 0 Å². The van der Waals surface area contributed by atoms with E-state index in [0.29, 0.717) is 0 Å². The van der Waals surface area contributed by atoms with E-state index in [2.05, 4.69) is 165 Å². The molecule has 0 saturated heterocycles. The third-order valence-electron chi connectivity index (χ3n) is 9.76. The van der Waals surface area contributed by atoms with E-state index in [1.807, 2.05) is 0 Å². The Morgan fingerprint density at radius 1 is 0.380 bits per heavy atom. The van der Waals surface area contributed by atoms with E-state index in [0.717, 1.165) is 22.3 Å². The Balaban J connectivity index is 1.74. The van der Waals surface area contributed by atoms with Crippen molar-refractivity contribution in [2.75, 3.05) is 0 Å². The third-order valence-corrected chi connectivity index (χ3v) is 14.6. The first-order valence-electron chi connectivity index (χ1n) is 17.4. The Hall–Kier alpha value is -3.90. The molecule has 6 aromatic rings. The second kappa shape index (κ2) is 15.1. The molecular weight excluding hydrogens is 646 g/mol. The highest BCUT2D eigenvalue weighted by atomic mass is 31.1. The molecule has 2 unspecified atom stereocenters. The summed E-state index contributed by atoms with van der Waals surface area (Å²) in [5.41, 5.74) is 13.9. The maximum Gasteiger partial charge on any atom is 0.0688 e. The molecule has 2 N–H and O–H groups in total. The van der Waals surface area contributed by atoms with Crippen molar-refractivity contribution >= 4 is 47.7 Å². The maximum atomic E-state index is 11.1. The van der Waals surface area contributed by atoms with Crippen LogP contribution in [0, 0.1) is 55.4 Å². The minimum Gasteiger partial charge on any atom is -0.392 e. The highest BCUT2D eigenvalue weighted by Crippen LogP contribution is 2.44. The summed E-state index contributed by atoms with van der Waals surface area (Å²) in [6, 6.07) is 40.4. The number of aliphatic hydroxyl groups excluding tert-OH is 2. The first-order valence-corrected chi connectivity index (χ1v) is 20.0. The lowest BCUT2D eigenvalue weighted by molar-refractivity contribution is 0.280. The minimum atomic E-state index is -1.04. The van der Waals surface area contributed by atoms with Crippen LogP contribution in [0.2, 0.25) is 0 Å². The lowest BCUT2D eigenvalue weighted by Crippen LogP contribution is -2.28. The predicted molar refractivity (Wildman–Crippen MR) is 219 cm³/mol. The molecule has 0 saturated carbocycles. The molecule has 0 radical (unpaired) electrons. The largest absolute Gasteiger partial charge is 0.392 e. The highest BCUT2D eigenvalue weighted by Gasteiger charge is 2.29. The van der Waals surface area contributed by atoms with Gasteiger partial charge in [-0.3, -0.25) is 0 Å². The molecule has 0 aliphatic rings. The summed E-state index contributed by atoms with van der Waals surface area (Å²) in [6.45, 7) is 17.2. The van der Waals surface area contributed by atoms with Gasteiger partial charge in [-0.25, -0.2) is 0 Å². The molecule has 254 valence electrons. The van der Waals surface area contributed by atoms with Gasteiger partial charge in [-0.15, -0.1) is 0 Å². The Morgan fingerprint density at radius 2 is 0.740 bits per heavy atom. The molecule has 0 aliphatic heterocycles. The summed E-state index contributed by atoms with van der Waals surface area (Å²) < 4.78 is 0. The van der Waals surface area contributed by atoms with E-state index in [1.165, 1.54) is 76.3 Å². The van der Waals surface area contributed by atoms with Crippen LogP contribution in [0.4, 0.5) is 0 Å². The summed E-state index contributed by atoms with van der Waals surface area (Å²) in [5, 5.41) is 29.7. The normalized spacial score (nSPS) is 12.6. The van der Waals surface area contributed by atoms with Gasteiger partial charge in [-0.05, 0) is 148 Å². The van der Waals surface area contributed by atoms with Gasteiger partial charge >= 0.3 is 0 Å². The molecule has 6 rings (SSSR count). The zero-order valence-electron chi connectivity index (χ0n) is 30.6. The molecule has 4 heteroatoms. The fourth-order valence-electron chi connectivity index (χ4n) is 7.13. The summed E-state index contributed by atoms with van der Waals surface area (Å²) in [7, 11) is -2.07. The van der Waals surface area contributed by atoms with Gasteiger partial charge in [-0.1, -0.05) is 131 Å². The summed E-state index contributed by atoms with van der Waals surface area (Å²) in [4.78, 5) is 0. The van der Waals surface area contributed by atoms with Gasteiger partial charge in [0.2, 0.25) is 0 Å². The van der Waals surface area contributed by atoms with Crippen molar-refractivity contribution in [2.24, 2.45) is 0 Å². The number of aryl methyl sites for hydroxylation is 8. The van der Waals surface area contributed by atoms with E-state index in [9.17, 15) is 10.2 Å². The van der Waals surface area contributed by atoms with E-state index in [1.54, 1.807) is 0 Å². The average Bonchev–Trinajstić information content (AvgIpc) is 3.07. The van der Waals surface area contributed by atoms with Gasteiger partial charge < -0.3 is 10.2 Å². The van der Waals surface area contributed by atoms with Gasteiger partial charge in [0, 0.05) is 0 Å². The van der Waals surface area contributed by atoms with Crippen LogP contribution >= 0.6 is 15.8 Å². The number of rotatable bonds is 9. The standard InChI is InChI=1S/C46H48O2P2/c1-29-19-30(2)22-41(21-29)49(39-17-15-33(5)35(7)25-39)43-13-9-11-37(27-47)45(43)46-38(28-48)12-10-14-44(46)50(40-18-16-34(6)36(8)26-40)42-23-31(3)20-32(4)24-42/h9-26,47-48H,27-28H2,1-8H3. The molecule has 0 heterocycles. The molecule has 50 heavy (non-hydrogen) atoms. The van der Waals surface area contributed by atoms with Crippen LogP contribution in [0.5, 0.6) is 0 Å². The van der Waals surface area contributed by atoms with Crippen LogP contribution in [0.25, 0.3) is 11.1 Å². The number of hydrogen-bond donors (Lipinski definition) is 2. The highest BCUT2D eigenvalue weighted by molar-refractivity contribution is 7.80. The zero-order valence-corrected chi connectivity index (χ0v) is 32.4. The van der Waals surface area contributed by atoms with Gasteiger partial charge in [0.25, 0.3) is 0 Å². The number of benzene rings is 6. The third kappa shape index (κ3) is 7.28. The van der Waals surface area contributed by atoms with Crippen LogP contribution in [-0.2, 0) is 13.2 Å². The van der Waals surface area contributed by atoms with Gasteiger partial charge in [-0.2, -0.15) is 0 Å². The van der Waals surface area contributed by atoms with Crippen LogP contribution in [0.15, 0.2) is 109 Å². The lowest BCUT2D eigenvalue weighted by atomic mass is 9.95. The Morgan fingerprint density at radius 3 is 1.06 bits per heavy atom. The van der Waals surface area contributed by atoms with E-state index >= 15 is 0 Å². The maximum absolute atomic E-state index is 11.1.